The number of nitrogens with two attached hydrogens (primary N) is 1. The Balaban J connectivity index is 2.17. The minimum absolute atomic E-state index is 0.207. The molecule has 0 saturated carbocycles. The number of para-hydroxylation sites is 1. The van der Waals surface area contributed by atoms with E-state index in [0.29, 0.717) is 30.5 Å². The van der Waals surface area contributed by atoms with E-state index in [1.165, 1.54) is 6.07 Å². The van der Waals surface area contributed by atoms with E-state index < -0.39 is 0 Å². The Kier molecular flexibility index (Phi) is 3.88. The first-order chi connectivity index (χ1) is 8.74. The fraction of sp³-hybridized carbons (Fsp3) is 0.333. The molecule has 18 heavy (non-hydrogen) atoms. The Hall–Kier alpha value is -1.95. The van der Waals surface area contributed by atoms with Crippen molar-refractivity contribution in [3.05, 3.63) is 41.8 Å². The first kappa shape index (κ1) is 12.5. The summed E-state index contributed by atoms with van der Waals surface area (Å²) in [6, 6.07) is 6.61. The minimum atomic E-state index is -0.262. The van der Waals surface area contributed by atoms with Crippen molar-refractivity contribution >= 4 is 5.69 Å². The number of hydrogen-bond donors (Lipinski definition) is 1. The van der Waals surface area contributed by atoms with Gasteiger partial charge in [0.2, 0.25) is 5.89 Å². The summed E-state index contributed by atoms with van der Waals surface area (Å²) < 4.78 is 18.6. The zero-order valence-electron chi connectivity index (χ0n) is 10.1. The van der Waals surface area contributed by atoms with Gasteiger partial charge in [-0.25, -0.2) is 4.39 Å². The van der Waals surface area contributed by atoms with E-state index in [1.54, 1.807) is 18.2 Å². The summed E-state index contributed by atoms with van der Waals surface area (Å²) in [5.41, 5.74) is 5.92. The molecule has 1 aromatic carbocycles. The number of anilines is 1. The largest absolute Gasteiger partial charge is 0.362 e. The third kappa shape index (κ3) is 2.65. The highest BCUT2D eigenvalue weighted by molar-refractivity contribution is 5.47. The van der Waals surface area contributed by atoms with Crippen molar-refractivity contribution in [3.63, 3.8) is 0 Å². The second-order valence-electron chi connectivity index (χ2n) is 3.77. The average molecular weight is 250 g/mol. The van der Waals surface area contributed by atoms with Crippen molar-refractivity contribution in [1.82, 2.24) is 10.1 Å². The number of halogens is 1. The van der Waals surface area contributed by atoms with Crippen LogP contribution in [0.15, 0.2) is 28.8 Å². The van der Waals surface area contributed by atoms with E-state index in [9.17, 15) is 4.39 Å². The Morgan fingerprint density at radius 3 is 2.78 bits per heavy atom. The first-order valence-corrected chi connectivity index (χ1v) is 5.75. The van der Waals surface area contributed by atoms with Crippen molar-refractivity contribution in [2.75, 3.05) is 11.4 Å². The molecule has 0 bridgehead atoms. The third-order valence-corrected chi connectivity index (χ3v) is 2.59. The molecule has 2 N–H and O–H groups in total. The molecule has 0 amide bonds. The topological polar surface area (TPSA) is 68.2 Å². The third-order valence-electron chi connectivity index (χ3n) is 2.59. The molecule has 2 rings (SSSR count). The molecule has 1 heterocycles. The fourth-order valence-corrected chi connectivity index (χ4v) is 1.68. The lowest BCUT2D eigenvalue weighted by atomic mass is 10.2. The standard InChI is InChI=1S/C12H15FN4O/c1-2-17(10-6-4-3-5-9(10)13)8-11-15-12(7-14)18-16-11/h3-6H,2,7-8,14H2,1H3. The number of hydrogen-bond acceptors (Lipinski definition) is 5. The molecule has 0 unspecified atom stereocenters. The van der Waals surface area contributed by atoms with Crippen molar-refractivity contribution < 1.29 is 8.91 Å². The van der Waals surface area contributed by atoms with Gasteiger partial charge in [-0.15, -0.1) is 0 Å². The van der Waals surface area contributed by atoms with Crippen LogP contribution in [0.4, 0.5) is 10.1 Å². The maximum Gasteiger partial charge on any atom is 0.240 e. The zero-order valence-corrected chi connectivity index (χ0v) is 10.1. The molecule has 0 radical (unpaired) electrons. The van der Waals surface area contributed by atoms with E-state index >= 15 is 0 Å². The first-order valence-electron chi connectivity index (χ1n) is 5.75. The number of aromatic nitrogens is 2. The van der Waals surface area contributed by atoms with Crippen molar-refractivity contribution in [1.29, 1.82) is 0 Å². The van der Waals surface area contributed by atoms with Gasteiger partial charge in [-0.05, 0) is 19.1 Å². The monoisotopic (exact) mass is 250 g/mol. The summed E-state index contributed by atoms with van der Waals surface area (Å²) in [6.07, 6.45) is 0. The SMILES string of the molecule is CCN(Cc1noc(CN)n1)c1ccccc1F. The molecule has 6 heteroatoms. The Morgan fingerprint density at radius 2 is 2.17 bits per heavy atom. The lowest BCUT2D eigenvalue weighted by molar-refractivity contribution is 0.374. The molecule has 0 spiro atoms. The molecule has 0 aliphatic carbocycles. The van der Waals surface area contributed by atoms with Crippen LogP contribution < -0.4 is 10.6 Å². The molecule has 5 nitrogen and oxygen atoms in total. The van der Waals surface area contributed by atoms with Gasteiger partial charge < -0.3 is 15.2 Å². The summed E-state index contributed by atoms with van der Waals surface area (Å²) in [5.74, 6) is 0.622. The second kappa shape index (κ2) is 5.59. The summed E-state index contributed by atoms with van der Waals surface area (Å²) >= 11 is 0. The molecular weight excluding hydrogens is 235 g/mol. The molecular formula is C12H15FN4O. The Morgan fingerprint density at radius 1 is 1.39 bits per heavy atom. The predicted octanol–water partition coefficient (Wildman–Crippen LogP) is 1.69. The minimum Gasteiger partial charge on any atom is -0.362 e. The maximum absolute atomic E-state index is 13.7. The number of benzene rings is 1. The molecule has 0 atom stereocenters. The van der Waals surface area contributed by atoms with Gasteiger partial charge in [-0.2, -0.15) is 4.98 Å². The summed E-state index contributed by atoms with van der Waals surface area (Å²) in [4.78, 5) is 5.94. The van der Waals surface area contributed by atoms with Gasteiger partial charge in [0.15, 0.2) is 5.82 Å². The molecule has 2 aromatic rings. The lowest BCUT2D eigenvalue weighted by Crippen LogP contribution is -2.23. The highest BCUT2D eigenvalue weighted by atomic mass is 19.1. The molecule has 0 aliphatic rings. The highest BCUT2D eigenvalue weighted by Crippen LogP contribution is 2.19. The summed E-state index contributed by atoms with van der Waals surface area (Å²) in [5, 5.41) is 3.80. The van der Waals surface area contributed by atoms with Gasteiger partial charge in [0.1, 0.15) is 5.82 Å². The van der Waals surface area contributed by atoms with Gasteiger partial charge in [-0.3, -0.25) is 0 Å². The zero-order chi connectivity index (χ0) is 13.0. The van der Waals surface area contributed by atoms with Crippen LogP contribution in [0.2, 0.25) is 0 Å². The van der Waals surface area contributed by atoms with Gasteiger partial charge >= 0.3 is 0 Å². The van der Waals surface area contributed by atoms with Crippen LogP contribution >= 0.6 is 0 Å². The summed E-state index contributed by atoms with van der Waals surface area (Å²) in [6.45, 7) is 3.18. The van der Waals surface area contributed by atoms with Crippen LogP contribution in [-0.2, 0) is 13.1 Å². The van der Waals surface area contributed by atoms with E-state index in [2.05, 4.69) is 10.1 Å². The Bertz CT molecular complexity index is 514. The highest BCUT2D eigenvalue weighted by Gasteiger charge is 2.13. The van der Waals surface area contributed by atoms with Crippen LogP contribution in [0, 0.1) is 5.82 Å². The smallest absolute Gasteiger partial charge is 0.240 e. The quantitative estimate of drug-likeness (QED) is 0.874. The lowest BCUT2D eigenvalue weighted by Gasteiger charge is -2.21. The number of nitrogens with zero attached hydrogens (tertiary/aromatic N) is 3. The molecule has 0 aliphatic heterocycles. The maximum atomic E-state index is 13.7. The van der Waals surface area contributed by atoms with Crippen LogP contribution in [0.25, 0.3) is 0 Å². The van der Waals surface area contributed by atoms with E-state index in [4.69, 9.17) is 10.3 Å². The molecule has 1 aromatic heterocycles. The molecule has 0 fully saturated rings. The Labute approximate surface area is 104 Å². The van der Waals surface area contributed by atoms with E-state index in [-0.39, 0.29) is 12.4 Å². The van der Waals surface area contributed by atoms with E-state index in [1.807, 2.05) is 11.8 Å². The predicted molar refractivity (Wildman–Crippen MR) is 65.3 cm³/mol. The van der Waals surface area contributed by atoms with Crippen LogP contribution in [0.1, 0.15) is 18.6 Å². The second-order valence-corrected chi connectivity index (χ2v) is 3.77. The van der Waals surface area contributed by atoms with Gasteiger partial charge in [0, 0.05) is 6.54 Å². The summed E-state index contributed by atoms with van der Waals surface area (Å²) in [7, 11) is 0. The van der Waals surface area contributed by atoms with Gasteiger partial charge in [-0.1, -0.05) is 17.3 Å². The van der Waals surface area contributed by atoms with Crippen molar-refractivity contribution in [2.24, 2.45) is 5.73 Å². The van der Waals surface area contributed by atoms with E-state index in [0.717, 1.165) is 0 Å². The average Bonchev–Trinajstić information content (AvgIpc) is 2.85. The molecule has 96 valence electrons. The van der Waals surface area contributed by atoms with Crippen LogP contribution in [-0.4, -0.2) is 16.7 Å². The van der Waals surface area contributed by atoms with Crippen molar-refractivity contribution in [2.45, 2.75) is 20.0 Å². The van der Waals surface area contributed by atoms with Crippen LogP contribution in [0.3, 0.4) is 0 Å². The van der Waals surface area contributed by atoms with Crippen molar-refractivity contribution in [3.8, 4) is 0 Å². The van der Waals surface area contributed by atoms with Gasteiger partial charge in [0.05, 0.1) is 18.8 Å². The molecule has 0 saturated heterocycles. The fourth-order valence-electron chi connectivity index (χ4n) is 1.68. The van der Waals surface area contributed by atoms with Crippen LogP contribution in [0.5, 0.6) is 0 Å². The van der Waals surface area contributed by atoms with Gasteiger partial charge in [0.25, 0.3) is 0 Å². The number of rotatable bonds is 5. The normalized spacial score (nSPS) is 10.6.